The Hall–Kier alpha value is -2.25. The standard InChI is InChI=1S/C19H21BrFN3O2/c1-24(2)17(14-4-3-5-16(21)10-14)11-22-18(25)12-23-19(26)13-6-8-15(20)9-7-13/h3-10,17H,11-12H2,1-2H3,(H,22,25)(H,23,26). The Labute approximate surface area is 160 Å². The van der Waals surface area contributed by atoms with Crippen LogP contribution in [0.25, 0.3) is 0 Å². The zero-order valence-electron chi connectivity index (χ0n) is 14.6. The predicted molar refractivity (Wildman–Crippen MR) is 102 cm³/mol. The summed E-state index contributed by atoms with van der Waals surface area (Å²) < 4.78 is 14.3. The number of rotatable bonds is 7. The van der Waals surface area contributed by atoms with Gasteiger partial charge in [-0.2, -0.15) is 0 Å². The van der Waals surface area contributed by atoms with Gasteiger partial charge in [-0.1, -0.05) is 28.1 Å². The molecule has 2 aromatic carbocycles. The summed E-state index contributed by atoms with van der Waals surface area (Å²) in [6.45, 7) is 0.182. The first-order valence-electron chi connectivity index (χ1n) is 8.09. The van der Waals surface area contributed by atoms with Crippen molar-refractivity contribution in [3.05, 3.63) is 69.9 Å². The van der Waals surface area contributed by atoms with E-state index in [2.05, 4.69) is 26.6 Å². The molecule has 0 heterocycles. The van der Waals surface area contributed by atoms with Crippen LogP contribution in [-0.2, 0) is 4.79 Å². The summed E-state index contributed by atoms with van der Waals surface area (Å²) in [5, 5.41) is 5.35. The molecule has 0 saturated heterocycles. The topological polar surface area (TPSA) is 61.4 Å². The van der Waals surface area contributed by atoms with Crippen molar-refractivity contribution >= 4 is 27.7 Å². The first-order valence-corrected chi connectivity index (χ1v) is 8.88. The molecule has 0 aromatic heterocycles. The Balaban J connectivity index is 1.86. The molecule has 0 aliphatic heterocycles. The SMILES string of the molecule is CN(C)C(CNC(=O)CNC(=O)c1ccc(Br)cc1)c1cccc(F)c1. The van der Waals surface area contributed by atoms with E-state index in [1.807, 2.05) is 25.1 Å². The number of hydrogen-bond acceptors (Lipinski definition) is 3. The summed E-state index contributed by atoms with van der Waals surface area (Å²) in [4.78, 5) is 25.9. The molecule has 0 bridgehead atoms. The molecule has 1 atom stereocenters. The van der Waals surface area contributed by atoms with E-state index in [1.54, 1.807) is 30.3 Å². The average molecular weight is 422 g/mol. The molecule has 2 aromatic rings. The summed E-state index contributed by atoms with van der Waals surface area (Å²) in [7, 11) is 3.72. The molecule has 0 spiro atoms. The third-order valence-corrected chi connectivity index (χ3v) is 4.39. The van der Waals surface area contributed by atoms with Crippen molar-refractivity contribution in [1.29, 1.82) is 0 Å². The molecule has 2 rings (SSSR count). The van der Waals surface area contributed by atoms with Crippen LogP contribution in [0.3, 0.4) is 0 Å². The van der Waals surface area contributed by atoms with Gasteiger partial charge in [-0.05, 0) is 56.1 Å². The lowest BCUT2D eigenvalue weighted by molar-refractivity contribution is -0.120. The van der Waals surface area contributed by atoms with Gasteiger partial charge >= 0.3 is 0 Å². The van der Waals surface area contributed by atoms with Crippen molar-refractivity contribution in [1.82, 2.24) is 15.5 Å². The first-order chi connectivity index (χ1) is 12.4. The van der Waals surface area contributed by atoms with Gasteiger partial charge in [0.15, 0.2) is 0 Å². The van der Waals surface area contributed by atoms with Gasteiger partial charge in [-0.25, -0.2) is 4.39 Å². The van der Waals surface area contributed by atoms with E-state index in [9.17, 15) is 14.0 Å². The number of nitrogens with one attached hydrogen (secondary N) is 2. The van der Waals surface area contributed by atoms with Gasteiger partial charge in [-0.15, -0.1) is 0 Å². The van der Waals surface area contributed by atoms with Crippen LogP contribution in [0.2, 0.25) is 0 Å². The maximum atomic E-state index is 13.4. The van der Waals surface area contributed by atoms with E-state index in [-0.39, 0.29) is 30.2 Å². The highest BCUT2D eigenvalue weighted by molar-refractivity contribution is 9.10. The molecule has 2 amide bonds. The Morgan fingerprint density at radius 3 is 2.42 bits per heavy atom. The highest BCUT2D eigenvalue weighted by Gasteiger charge is 2.16. The van der Waals surface area contributed by atoms with Crippen molar-refractivity contribution in [3.8, 4) is 0 Å². The maximum absolute atomic E-state index is 13.4. The number of hydrogen-bond donors (Lipinski definition) is 2. The van der Waals surface area contributed by atoms with E-state index < -0.39 is 0 Å². The second-order valence-corrected chi connectivity index (χ2v) is 6.94. The maximum Gasteiger partial charge on any atom is 0.251 e. The monoisotopic (exact) mass is 421 g/mol. The Bertz CT molecular complexity index is 766. The van der Waals surface area contributed by atoms with Gasteiger partial charge in [0.1, 0.15) is 5.82 Å². The summed E-state index contributed by atoms with van der Waals surface area (Å²) in [6.07, 6.45) is 0. The van der Waals surface area contributed by atoms with Crippen LogP contribution in [0, 0.1) is 5.82 Å². The molecular formula is C19H21BrFN3O2. The molecule has 0 fully saturated rings. The highest BCUT2D eigenvalue weighted by atomic mass is 79.9. The fourth-order valence-electron chi connectivity index (χ4n) is 2.45. The lowest BCUT2D eigenvalue weighted by atomic mass is 10.1. The van der Waals surface area contributed by atoms with Crippen LogP contribution >= 0.6 is 15.9 Å². The third-order valence-electron chi connectivity index (χ3n) is 3.87. The largest absolute Gasteiger partial charge is 0.353 e. The average Bonchev–Trinajstić information content (AvgIpc) is 2.60. The van der Waals surface area contributed by atoms with Gasteiger partial charge in [0.25, 0.3) is 5.91 Å². The molecule has 7 heteroatoms. The minimum atomic E-state index is -0.318. The molecular weight excluding hydrogens is 401 g/mol. The lowest BCUT2D eigenvalue weighted by Crippen LogP contribution is -2.40. The number of amides is 2. The minimum absolute atomic E-state index is 0.127. The third kappa shape index (κ3) is 5.93. The Morgan fingerprint density at radius 2 is 1.81 bits per heavy atom. The summed E-state index contributed by atoms with van der Waals surface area (Å²) >= 11 is 3.30. The zero-order valence-corrected chi connectivity index (χ0v) is 16.2. The molecule has 1 unspecified atom stereocenters. The van der Waals surface area contributed by atoms with Gasteiger partial charge in [0.05, 0.1) is 12.6 Å². The van der Waals surface area contributed by atoms with Gasteiger partial charge in [-0.3, -0.25) is 9.59 Å². The second-order valence-electron chi connectivity index (χ2n) is 6.03. The van der Waals surface area contributed by atoms with Gasteiger partial charge in [0.2, 0.25) is 5.91 Å². The number of likely N-dealkylation sites (N-methyl/N-ethyl adjacent to an activating group) is 1. The lowest BCUT2D eigenvalue weighted by Gasteiger charge is -2.25. The van der Waals surface area contributed by atoms with E-state index >= 15 is 0 Å². The quantitative estimate of drug-likeness (QED) is 0.722. The molecule has 0 saturated carbocycles. The van der Waals surface area contributed by atoms with Crippen LogP contribution in [0.4, 0.5) is 4.39 Å². The van der Waals surface area contributed by atoms with Crippen molar-refractivity contribution in [3.63, 3.8) is 0 Å². The molecule has 138 valence electrons. The number of carbonyl (C=O) groups excluding carboxylic acids is 2. The minimum Gasteiger partial charge on any atom is -0.353 e. The van der Waals surface area contributed by atoms with Gasteiger partial charge < -0.3 is 15.5 Å². The predicted octanol–water partition coefficient (Wildman–Crippen LogP) is 2.74. The van der Waals surface area contributed by atoms with Crippen molar-refractivity contribution < 1.29 is 14.0 Å². The first kappa shape index (κ1) is 20.1. The molecule has 5 nitrogen and oxygen atoms in total. The second kappa shape index (κ2) is 9.45. The number of carbonyl (C=O) groups is 2. The molecule has 26 heavy (non-hydrogen) atoms. The highest BCUT2D eigenvalue weighted by Crippen LogP contribution is 2.18. The smallest absolute Gasteiger partial charge is 0.251 e. The summed E-state index contributed by atoms with van der Waals surface area (Å²) in [5.74, 6) is -0.942. The zero-order chi connectivity index (χ0) is 19.1. The Kier molecular flexibility index (Phi) is 7.29. The molecule has 0 aliphatic rings. The summed E-state index contributed by atoms with van der Waals surface area (Å²) in [5.41, 5.74) is 1.25. The fraction of sp³-hybridized carbons (Fsp3) is 0.263. The van der Waals surface area contributed by atoms with Crippen molar-refractivity contribution in [2.24, 2.45) is 0 Å². The molecule has 0 aliphatic carbocycles. The van der Waals surface area contributed by atoms with Crippen LogP contribution in [0.5, 0.6) is 0 Å². The molecule has 2 N–H and O–H groups in total. The van der Waals surface area contributed by atoms with Gasteiger partial charge in [0, 0.05) is 16.6 Å². The van der Waals surface area contributed by atoms with Crippen molar-refractivity contribution in [2.45, 2.75) is 6.04 Å². The van der Waals surface area contributed by atoms with Crippen LogP contribution in [0.1, 0.15) is 22.0 Å². The van der Waals surface area contributed by atoms with Crippen LogP contribution in [-0.4, -0.2) is 43.9 Å². The van der Waals surface area contributed by atoms with E-state index in [0.29, 0.717) is 12.1 Å². The Morgan fingerprint density at radius 1 is 1.12 bits per heavy atom. The van der Waals surface area contributed by atoms with E-state index in [0.717, 1.165) is 10.0 Å². The van der Waals surface area contributed by atoms with Crippen LogP contribution in [0.15, 0.2) is 53.0 Å². The number of nitrogens with zero attached hydrogens (tertiary/aromatic N) is 1. The van der Waals surface area contributed by atoms with E-state index in [4.69, 9.17) is 0 Å². The fourth-order valence-corrected chi connectivity index (χ4v) is 2.71. The number of halogens is 2. The summed E-state index contributed by atoms with van der Waals surface area (Å²) in [6, 6.07) is 13.0. The van der Waals surface area contributed by atoms with Crippen LogP contribution < -0.4 is 10.6 Å². The normalized spacial score (nSPS) is 11.9. The van der Waals surface area contributed by atoms with Crippen molar-refractivity contribution in [2.75, 3.05) is 27.2 Å². The van der Waals surface area contributed by atoms with E-state index in [1.165, 1.54) is 12.1 Å². The molecule has 0 radical (unpaired) electrons. The number of benzene rings is 2.